The fraction of sp³-hybridized carbons (Fsp3) is 0.167. The number of imidazole rings is 1. The van der Waals surface area contributed by atoms with Crippen LogP contribution in [0.5, 0.6) is 0 Å². The average Bonchev–Trinajstić information content (AvgIpc) is 3.37. The van der Waals surface area contributed by atoms with Crippen LogP contribution in [-0.4, -0.2) is 22.6 Å². The van der Waals surface area contributed by atoms with Crippen molar-refractivity contribution in [2.24, 2.45) is 0 Å². The van der Waals surface area contributed by atoms with E-state index in [1.807, 2.05) is 30.5 Å². The van der Waals surface area contributed by atoms with Crippen LogP contribution in [0.15, 0.2) is 97.2 Å². The van der Waals surface area contributed by atoms with Gasteiger partial charge in [0.1, 0.15) is 5.82 Å². The predicted molar refractivity (Wildman–Crippen MR) is 174 cm³/mol. The number of benzene rings is 4. The molecule has 0 aliphatic carbocycles. The van der Waals surface area contributed by atoms with Crippen LogP contribution in [0, 0.1) is 0 Å². The van der Waals surface area contributed by atoms with Crippen molar-refractivity contribution in [1.29, 1.82) is 0 Å². The van der Waals surface area contributed by atoms with Gasteiger partial charge in [0, 0.05) is 23.3 Å². The molecule has 0 saturated heterocycles. The van der Waals surface area contributed by atoms with Gasteiger partial charge < -0.3 is 9.30 Å². The van der Waals surface area contributed by atoms with Gasteiger partial charge in [-0.1, -0.05) is 111 Å². The zero-order chi connectivity index (χ0) is 29.9. The minimum atomic E-state index is -0.361. The summed E-state index contributed by atoms with van der Waals surface area (Å²) in [6.45, 7) is 7.23. The van der Waals surface area contributed by atoms with Gasteiger partial charge in [0.25, 0.3) is 0 Å². The van der Waals surface area contributed by atoms with Gasteiger partial charge in [0.05, 0.1) is 23.4 Å². The molecule has 0 aliphatic rings. The lowest BCUT2D eigenvalue weighted by Crippen LogP contribution is -2.10. The standard InChI is InChI=1S/C36H32Cl2N2O2/c1-36(2,3)29-16-14-27(15-17-29)26-10-5-24(6-11-26)9-20-34-39-33(31-19-18-30(37)21-32(31)38)23-40(34)22-25-7-12-28(13-8-25)35(41)42-4/h5-21,23H,22H2,1-4H3/b20-9+. The number of halogens is 2. The molecule has 0 fully saturated rings. The number of hydrogen-bond donors (Lipinski definition) is 0. The van der Waals surface area contributed by atoms with Crippen molar-refractivity contribution in [3.63, 3.8) is 0 Å². The van der Waals surface area contributed by atoms with Crippen molar-refractivity contribution in [3.8, 4) is 22.4 Å². The minimum absolute atomic E-state index is 0.129. The van der Waals surface area contributed by atoms with E-state index in [2.05, 4.69) is 79.9 Å². The van der Waals surface area contributed by atoms with E-state index in [0.29, 0.717) is 22.2 Å². The largest absolute Gasteiger partial charge is 0.465 e. The molecule has 1 heterocycles. The third-order valence-corrected chi connectivity index (χ3v) is 7.71. The maximum Gasteiger partial charge on any atom is 0.337 e. The Kier molecular flexibility index (Phi) is 8.67. The Hall–Kier alpha value is -4.12. The molecule has 0 radical (unpaired) electrons. The molecule has 5 aromatic rings. The topological polar surface area (TPSA) is 44.1 Å². The normalized spacial score (nSPS) is 11.7. The van der Waals surface area contributed by atoms with Crippen LogP contribution in [0.2, 0.25) is 10.0 Å². The Morgan fingerprint density at radius 3 is 2.10 bits per heavy atom. The van der Waals surface area contributed by atoms with Crippen LogP contribution in [0.1, 0.15) is 53.6 Å². The molecule has 0 spiro atoms. The van der Waals surface area contributed by atoms with Gasteiger partial charge in [-0.2, -0.15) is 0 Å². The van der Waals surface area contributed by atoms with Crippen LogP contribution in [-0.2, 0) is 16.7 Å². The molecule has 6 heteroatoms. The summed E-state index contributed by atoms with van der Waals surface area (Å²) >= 11 is 12.7. The maximum absolute atomic E-state index is 11.9. The summed E-state index contributed by atoms with van der Waals surface area (Å²) in [7, 11) is 1.38. The first-order chi connectivity index (χ1) is 20.1. The Morgan fingerprint density at radius 2 is 1.50 bits per heavy atom. The molecular weight excluding hydrogens is 563 g/mol. The lowest BCUT2D eigenvalue weighted by molar-refractivity contribution is 0.0600. The molecule has 0 aliphatic heterocycles. The van der Waals surface area contributed by atoms with E-state index >= 15 is 0 Å². The van der Waals surface area contributed by atoms with Gasteiger partial charge in [-0.25, -0.2) is 9.78 Å². The molecule has 0 amide bonds. The zero-order valence-corrected chi connectivity index (χ0v) is 25.6. The monoisotopic (exact) mass is 594 g/mol. The van der Waals surface area contributed by atoms with E-state index in [1.54, 1.807) is 24.3 Å². The molecule has 0 atom stereocenters. The molecule has 212 valence electrons. The number of methoxy groups -OCH3 is 1. The second kappa shape index (κ2) is 12.4. The van der Waals surface area contributed by atoms with Crippen LogP contribution in [0.3, 0.4) is 0 Å². The second-order valence-corrected chi connectivity index (χ2v) is 12.1. The number of rotatable bonds is 7. The summed E-state index contributed by atoms with van der Waals surface area (Å²) < 4.78 is 6.89. The van der Waals surface area contributed by atoms with Crippen LogP contribution >= 0.6 is 23.2 Å². The van der Waals surface area contributed by atoms with Gasteiger partial charge in [-0.15, -0.1) is 0 Å². The van der Waals surface area contributed by atoms with Gasteiger partial charge in [-0.05, 0) is 69.6 Å². The Morgan fingerprint density at radius 1 is 0.857 bits per heavy atom. The molecule has 0 unspecified atom stereocenters. The number of aromatic nitrogens is 2. The number of ether oxygens (including phenoxy) is 1. The highest BCUT2D eigenvalue weighted by atomic mass is 35.5. The molecule has 5 rings (SSSR count). The predicted octanol–water partition coefficient (Wildman–Crippen LogP) is 9.83. The summed E-state index contributed by atoms with van der Waals surface area (Å²) in [5.41, 5.74) is 7.95. The third-order valence-electron chi connectivity index (χ3n) is 7.16. The molecule has 1 aromatic heterocycles. The maximum atomic E-state index is 11.9. The summed E-state index contributed by atoms with van der Waals surface area (Å²) in [5, 5.41) is 1.11. The average molecular weight is 596 g/mol. The highest BCUT2D eigenvalue weighted by Gasteiger charge is 2.14. The lowest BCUT2D eigenvalue weighted by atomic mass is 9.86. The van der Waals surface area contributed by atoms with Crippen molar-refractivity contribution in [1.82, 2.24) is 9.55 Å². The van der Waals surface area contributed by atoms with Gasteiger partial charge in [0.15, 0.2) is 0 Å². The molecule has 4 aromatic carbocycles. The number of nitrogens with zero attached hydrogens (tertiary/aromatic N) is 2. The first-order valence-corrected chi connectivity index (χ1v) is 14.5. The molecule has 42 heavy (non-hydrogen) atoms. The van der Waals surface area contributed by atoms with Gasteiger partial charge >= 0.3 is 5.97 Å². The third kappa shape index (κ3) is 6.84. The summed E-state index contributed by atoms with van der Waals surface area (Å²) in [4.78, 5) is 16.8. The summed E-state index contributed by atoms with van der Waals surface area (Å²) in [5.74, 6) is 0.412. The van der Waals surface area contributed by atoms with E-state index in [9.17, 15) is 4.79 Å². The molecule has 0 saturated carbocycles. The first kappa shape index (κ1) is 29.4. The van der Waals surface area contributed by atoms with Crippen molar-refractivity contribution < 1.29 is 9.53 Å². The number of esters is 1. The zero-order valence-electron chi connectivity index (χ0n) is 24.1. The molecular formula is C36H32Cl2N2O2. The number of carbonyl (C=O) groups excluding carboxylic acids is 1. The molecule has 0 N–H and O–H groups in total. The Labute approximate surface area is 257 Å². The van der Waals surface area contributed by atoms with Gasteiger partial charge in [-0.3, -0.25) is 0 Å². The van der Waals surface area contributed by atoms with Crippen molar-refractivity contribution >= 4 is 41.3 Å². The first-order valence-electron chi connectivity index (χ1n) is 13.7. The van der Waals surface area contributed by atoms with E-state index < -0.39 is 0 Å². The highest BCUT2D eigenvalue weighted by Crippen LogP contribution is 2.31. The van der Waals surface area contributed by atoms with Crippen LogP contribution in [0.4, 0.5) is 0 Å². The smallest absolute Gasteiger partial charge is 0.337 e. The fourth-order valence-electron chi connectivity index (χ4n) is 4.70. The molecule has 0 bridgehead atoms. The van der Waals surface area contributed by atoms with Crippen LogP contribution < -0.4 is 0 Å². The highest BCUT2D eigenvalue weighted by molar-refractivity contribution is 6.36. The summed E-state index contributed by atoms with van der Waals surface area (Å²) in [6, 6.07) is 30.0. The number of hydrogen-bond acceptors (Lipinski definition) is 3. The lowest BCUT2D eigenvalue weighted by Gasteiger charge is -2.19. The second-order valence-electron chi connectivity index (χ2n) is 11.2. The Bertz CT molecular complexity index is 1730. The minimum Gasteiger partial charge on any atom is -0.465 e. The summed E-state index contributed by atoms with van der Waals surface area (Å²) in [6.07, 6.45) is 6.04. The van der Waals surface area contributed by atoms with Crippen LogP contribution in [0.25, 0.3) is 34.5 Å². The quantitative estimate of drug-likeness (QED) is 0.176. The molecule has 4 nitrogen and oxygen atoms in total. The van der Waals surface area contributed by atoms with Gasteiger partial charge in [0.2, 0.25) is 0 Å². The van der Waals surface area contributed by atoms with E-state index in [4.69, 9.17) is 32.9 Å². The number of carbonyl (C=O) groups is 1. The van der Waals surface area contributed by atoms with Crippen molar-refractivity contribution in [2.75, 3.05) is 7.11 Å². The van der Waals surface area contributed by atoms with E-state index in [0.717, 1.165) is 28.2 Å². The van der Waals surface area contributed by atoms with E-state index in [-0.39, 0.29) is 11.4 Å². The fourth-order valence-corrected chi connectivity index (χ4v) is 5.20. The van der Waals surface area contributed by atoms with Crippen molar-refractivity contribution in [3.05, 3.63) is 135 Å². The SMILES string of the molecule is COC(=O)c1ccc(Cn2cc(-c3ccc(Cl)cc3Cl)nc2/C=C/c2ccc(-c3ccc(C(C)(C)C)cc3)cc2)cc1. The van der Waals surface area contributed by atoms with Crippen molar-refractivity contribution in [2.45, 2.75) is 32.7 Å². The van der Waals surface area contributed by atoms with E-state index in [1.165, 1.54) is 23.8 Å². The Balaban J connectivity index is 1.42.